The highest BCUT2D eigenvalue weighted by atomic mass is 16.6. The van der Waals surface area contributed by atoms with E-state index in [1.807, 2.05) is 6.92 Å². The molecule has 0 bridgehead atoms. The van der Waals surface area contributed by atoms with Gasteiger partial charge in [-0.2, -0.15) is 0 Å². The van der Waals surface area contributed by atoms with E-state index in [1.165, 1.54) is 37.4 Å². The summed E-state index contributed by atoms with van der Waals surface area (Å²) in [6.45, 7) is 3.80. The zero-order valence-corrected chi connectivity index (χ0v) is 17.5. The third-order valence-electron chi connectivity index (χ3n) is 4.59. The molecule has 1 heterocycles. The average molecular weight is 440 g/mol. The second-order valence-electron chi connectivity index (χ2n) is 6.67. The molecule has 0 aliphatic carbocycles. The van der Waals surface area contributed by atoms with Crippen molar-refractivity contribution >= 4 is 17.5 Å². The Morgan fingerprint density at radius 1 is 1.06 bits per heavy atom. The molecule has 11 nitrogen and oxygen atoms in total. The van der Waals surface area contributed by atoms with Gasteiger partial charge in [-0.25, -0.2) is 0 Å². The van der Waals surface area contributed by atoms with Crippen molar-refractivity contribution in [3.8, 4) is 11.5 Å². The predicted molar refractivity (Wildman–Crippen MR) is 111 cm³/mol. The van der Waals surface area contributed by atoms with Gasteiger partial charge in [-0.15, -0.1) is 0 Å². The highest BCUT2D eigenvalue weighted by Gasteiger charge is 2.16. The molecule has 2 N–H and O–H groups in total. The number of amides is 2. The third-order valence-corrected chi connectivity index (χ3v) is 4.59. The number of hydrazine groups is 1. The molecule has 0 saturated heterocycles. The van der Waals surface area contributed by atoms with Gasteiger partial charge >= 0.3 is 0 Å². The van der Waals surface area contributed by atoms with Crippen molar-refractivity contribution in [3.63, 3.8) is 0 Å². The number of carbonyl (C=O) groups is 2. The van der Waals surface area contributed by atoms with Crippen molar-refractivity contribution < 1.29 is 28.5 Å². The fourth-order valence-electron chi connectivity index (χ4n) is 2.80. The van der Waals surface area contributed by atoms with Crippen LogP contribution in [0.2, 0.25) is 0 Å². The van der Waals surface area contributed by atoms with Crippen LogP contribution >= 0.6 is 0 Å². The highest BCUT2D eigenvalue weighted by Crippen LogP contribution is 2.29. The van der Waals surface area contributed by atoms with Gasteiger partial charge < -0.3 is 14.0 Å². The van der Waals surface area contributed by atoms with E-state index >= 15 is 0 Å². The van der Waals surface area contributed by atoms with Crippen molar-refractivity contribution in [2.45, 2.75) is 20.5 Å². The van der Waals surface area contributed by atoms with Crippen LogP contribution in [0, 0.1) is 24.0 Å². The van der Waals surface area contributed by atoms with Crippen LogP contribution in [0.25, 0.3) is 0 Å². The minimum atomic E-state index is -0.701. The van der Waals surface area contributed by atoms with E-state index in [2.05, 4.69) is 16.0 Å². The van der Waals surface area contributed by atoms with Crippen LogP contribution in [0.1, 0.15) is 37.7 Å². The average Bonchev–Trinajstić information content (AvgIpc) is 3.12. The van der Waals surface area contributed by atoms with Gasteiger partial charge in [0.25, 0.3) is 17.5 Å². The van der Waals surface area contributed by atoms with Gasteiger partial charge in [0.15, 0.2) is 11.5 Å². The molecule has 2 aromatic carbocycles. The summed E-state index contributed by atoms with van der Waals surface area (Å²) in [6, 6.07) is 9.65. The van der Waals surface area contributed by atoms with E-state index in [-0.39, 0.29) is 23.4 Å². The first-order valence-corrected chi connectivity index (χ1v) is 9.38. The Bertz CT molecular complexity index is 1150. The number of methoxy groups -OCH3 is 1. The van der Waals surface area contributed by atoms with E-state index in [4.69, 9.17) is 14.0 Å². The van der Waals surface area contributed by atoms with Gasteiger partial charge in [0.05, 0.1) is 23.3 Å². The Hall–Kier alpha value is -4.41. The van der Waals surface area contributed by atoms with E-state index in [1.54, 1.807) is 13.0 Å². The molecule has 0 aliphatic heterocycles. The molecule has 1 aromatic heterocycles. The molecule has 11 heteroatoms. The summed E-state index contributed by atoms with van der Waals surface area (Å²) in [5.74, 6) is 0.0591. The lowest BCUT2D eigenvalue weighted by Crippen LogP contribution is -2.41. The molecule has 0 atom stereocenters. The SMILES string of the molecule is COc1cc(C(=O)NNC(=O)c2cccc([N+](=O)[O-])c2)ccc1OCc1c(C)noc1C. The number of hydrogen-bond donors (Lipinski definition) is 2. The molecule has 0 saturated carbocycles. The Morgan fingerprint density at radius 3 is 2.34 bits per heavy atom. The molecule has 3 rings (SSSR count). The van der Waals surface area contributed by atoms with Gasteiger partial charge in [-0.05, 0) is 38.1 Å². The van der Waals surface area contributed by atoms with Gasteiger partial charge in [-0.3, -0.25) is 30.6 Å². The molecule has 0 unspecified atom stereocenters. The van der Waals surface area contributed by atoms with Crippen LogP contribution in [0.4, 0.5) is 5.69 Å². The van der Waals surface area contributed by atoms with Gasteiger partial charge in [0, 0.05) is 23.3 Å². The van der Waals surface area contributed by atoms with Gasteiger partial charge in [0.2, 0.25) is 0 Å². The number of carbonyl (C=O) groups excluding carboxylic acids is 2. The number of non-ortho nitro benzene ring substituents is 1. The Kier molecular flexibility index (Phi) is 6.68. The number of ether oxygens (including phenoxy) is 2. The molecule has 0 fully saturated rings. The quantitative estimate of drug-likeness (QED) is 0.421. The van der Waals surface area contributed by atoms with Crippen LogP contribution in [0.5, 0.6) is 11.5 Å². The Balaban J connectivity index is 1.64. The molecule has 0 aliphatic rings. The number of benzene rings is 2. The molecular formula is C21H20N4O7. The van der Waals surface area contributed by atoms with Crippen LogP contribution in [0.3, 0.4) is 0 Å². The topological polar surface area (TPSA) is 146 Å². The molecule has 3 aromatic rings. The first-order valence-electron chi connectivity index (χ1n) is 9.38. The van der Waals surface area contributed by atoms with E-state index < -0.39 is 16.7 Å². The smallest absolute Gasteiger partial charge is 0.270 e. The first-order chi connectivity index (χ1) is 15.3. The minimum absolute atomic E-state index is 0.0279. The van der Waals surface area contributed by atoms with Crippen LogP contribution in [-0.4, -0.2) is 29.0 Å². The van der Waals surface area contributed by atoms with E-state index in [0.717, 1.165) is 17.3 Å². The first kappa shape index (κ1) is 22.3. The zero-order valence-electron chi connectivity index (χ0n) is 17.5. The number of nitro groups is 1. The largest absolute Gasteiger partial charge is 0.493 e. The summed E-state index contributed by atoms with van der Waals surface area (Å²) >= 11 is 0. The maximum atomic E-state index is 12.4. The van der Waals surface area contributed by atoms with Crippen molar-refractivity contribution in [2.75, 3.05) is 7.11 Å². The number of aryl methyl sites for hydroxylation is 2. The fraction of sp³-hybridized carbons (Fsp3) is 0.190. The van der Waals surface area contributed by atoms with Crippen molar-refractivity contribution in [2.24, 2.45) is 0 Å². The molecule has 0 radical (unpaired) electrons. The van der Waals surface area contributed by atoms with E-state index in [0.29, 0.717) is 17.3 Å². The summed E-state index contributed by atoms with van der Waals surface area (Å²) in [5.41, 5.74) is 6.01. The molecular weight excluding hydrogens is 420 g/mol. The van der Waals surface area contributed by atoms with Crippen LogP contribution in [-0.2, 0) is 6.61 Å². The maximum Gasteiger partial charge on any atom is 0.270 e. The van der Waals surface area contributed by atoms with Crippen molar-refractivity contribution in [1.29, 1.82) is 0 Å². The summed E-state index contributed by atoms with van der Waals surface area (Å²) in [7, 11) is 1.43. The molecule has 0 spiro atoms. The number of nitro benzene ring substituents is 1. The number of aromatic nitrogens is 1. The summed E-state index contributed by atoms with van der Waals surface area (Å²) in [6.07, 6.45) is 0. The standard InChI is InChI=1S/C21H20N4O7/c1-12-17(13(2)32-24-12)11-31-18-8-7-15(10-19(18)30-3)21(27)23-22-20(26)14-5-4-6-16(9-14)25(28)29/h4-10H,11H2,1-3H3,(H,22,26)(H,23,27). The van der Waals surface area contributed by atoms with Gasteiger partial charge in [0.1, 0.15) is 12.4 Å². The minimum Gasteiger partial charge on any atom is -0.493 e. The summed E-state index contributed by atoms with van der Waals surface area (Å²) < 4.78 is 16.2. The Morgan fingerprint density at radius 2 is 1.75 bits per heavy atom. The molecule has 32 heavy (non-hydrogen) atoms. The predicted octanol–water partition coefficient (Wildman–Crippen LogP) is 2.86. The van der Waals surface area contributed by atoms with E-state index in [9.17, 15) is 19.7 Å². The number of nitrogens with zero attached hydrogens (tertiary/aromatic N) is 2. The summed E-state index contributed by atoms with van der Waals surface area (Å²) in [5, 5.41) is 14.7. The maximum absolute atomic E-state index is 12.4. The second kappa shape index (κ2) is 9.60. The summed E-state index contributed by atoms with van der Waals surface area (Å²) in [4.78, 5) is 34.8. The highest BCUT2D eigenvalue weighted by molar-refractivity contribution is 5.99. The normalized spacial score (nSPS) is 10.3. The van der Waals surface area contributed by atoms with Crippen LogP contribution < -0.4 is 20.3 Å². The molecule has 2 amide bonds. The fourth-order valence-corrected chi connectivity index (χ4v) is 2.80. The monoisotopic (exact) mass is 440 g/mol. The lowest BCUT2D eigenvalue weighted by molar-refractivity contribution is -0.384. The van der Waals surface area contributed by atoms with Crippen molar-refractivity contribution in [3.05, 3.63) is 80.7 Å². The third kappa shape index (κ3) is 5.01. The zero-order chi connectivity index (χ0) is 23.3. The lowest BCUT2D eigenvalue weighted by Gasteiger charge is -2.12. The molecule has 166 valence electrons. The van der Waals surface area contributed by atoms with Crippen LogP contribution in [0.15, 0.2) is 47.0 Å². The van der Waals surface area contributed by atoms with Gasteiger partial charge in [-0.1, -0.05) is 11.2 Å². The number of nitrogens with one attached hydrogen (secondary N) is 2. The second-order valence-corrected chi connectivity index (χ2v) is 6.67. The lowest BCUT2D eigenvalue weighted by atomic mass is 10.2. The number of rotatable bonds is 7. The Labute approximate surface area is 182 Å². The van der Waals surface area contributed by atoms with Crippen molar-refractivity contribution in [1.82, 2.24) is 16.0 Å². The number of hydrogen-bond acceptors (Lipinski definition) is 8.